The van der Waals surface area contributed by atoms with Crippen LogP contribution < -0.4 is 15.5 Å². The number of hydrogen-bond acceptors (Lipinski definition) is 6. The van der Waals surface area contributed by atoms with Gasteiger partial charge in [-0.05, 0) is 56.3 Å². The molecule has 0 bridgehead atoms. The Labute approximate surface area is 253 Å². The second kappa shape index (κ2) is 15.5. The highest BCUT2D eigenvalue weighted by atomic mass is 35.5. The van der Waals surface area contributed by atoms with Crippen LogP contribution in [0.3, 0.4) is 0 Å². The van der Waals surface area contributed by atoms with E-state index in [2.05, 4.69) is 32.7 Å². The van der Waals surface area contributed by atoms with Gasteiger partial charge in [-0.15, -0.1) is 24.8 Å². The molecule has 0 radical (unpaired) electrons. The van der Waals surface area contributed by atoms with Crippen molar-refractivity contribution in [3.63, 3.8) is 0 Å². The number of halogens is 3. The third-order valence-electron chi connectivity index (χ3n) is 7.53. The van der Waals surface area contributed by atoms with Crippen molar-refractivity contribution in [2.45, 2.75) is 44.6 Å². The van der Waals surface area contributed by atoms with Crippen LogP contribution in [0.25, 0.3) is 11.1 Å². The number of rotatable bonds is 3. The largest absolute Gasteiger partial charge is 0.423 e. The first kappa shape index (κ1) is 32.0. The minimum absolute atomic E-state index is 0. The summed E-state index contributed by atoms with van der Waals surface area (Å²) in [5, 5.41) is 7.23. The highest BCUT2D eigenvalue weighted by Gasteiger charge is 2.30. The van der Waals surface area contributed by atoms with Gasteiger partial charge in [0.15, 0.2) is 5.58 Å². The molecule has 11 heteroatoms. The van der Waals surface area contributed by atoms with E-state index in [1.165, 1.54) is 0 Å². The van der Waals surface area contributed by atoms with E-state index in [-0.39, 0.29) is 48.6 Å². The molecular weight excluding hydrogens is 573 g/mol. The molecule has 1 aromatic heterocycles. The fourth-order valence-electron chi connectivity index (χ4n) is 5.38. The quantitative estimate of drug-likeness (QED) is 0.413. The monoisotopic (exact) mass is 609 g/mol. The number of aromatic nitrogens is 1. The topological polar surface area (TPSA) is 90.7 Å². The summed E-state index contributed by atoms with van der Waals surface area (Å²) in [5.41, 5.74) is 2.58. The predicted octanol–water partition coefficient (Wildman–Crippen LogP) is 5.39. The second-order valence-electron chi connectivity index (χ2n) is 10.2. The maximum Gasteiger partial charge on any atom is 0.298 e. The fraction of sp³-hybridized carbons (Fsp3) is 0.483. The summed E-state index contributed by atoms with van der Waals surface area (Å²) < 4.78 is 5.94. The van der Waals surface area contributed by atoms with Gasteiger partial charge < -0.3 is 24.9 Å². The van der Waals surface area contributed by atoms with Crippen molar-refractivity contribution in [3.05, 3.63) is 59.1 Å². The number of carbonyl (C=O) groups is 2. The van der Waals surface area contributed by atoms with Gasteiger partial charge in [-0.25, -0.2) is 0 Å². The maximum absolute atomic E-state index is 13.6. The van der Waals surface area contributed by atoms with E-state index in [1.54, 1.807) is 6.07 Å². The Morgan fingerprint density at radius 2 is 1.70 bits per heavy atom. The molecule has 2 aliphatic rings. The first-order valence-corrected chi connectivity index (χ1v) is 14.1. The number of carbonyl (C=O) groups excluding carboxylic acids is 2. The number of hydrogen-bond donors (Lipinski definition) is 2. The lowest BCUT2D eigenvalue weighted by Gasteiger charge is -2.33. The van der Waals surface area contributed by atoms with Crippen LogP contribution in [0, 0.1) is 5.92 Å². The first-order chi connectivity index (χ1) is 18.6. The van der Waals surface area contributed by atoms with Crippen molar-refractivity contribution in [2.75, 3.05) is 44.2 Å². The van der Waals surface area contributed by atoms with Gasteiger partial charge in [0, 0.05) is 62.2 Å². The molecule has 2 aromatic carbocycles. The third kappa shape index (κ3) is 8.26. The van der Waals surface area contributed by atoms with Crippen LogP contribution in [0.1, 0.15) is 50.1 Å². The number of benzene rings is 2. The molecule has 2 saturated heterocycles. The van der Waals surface area contributed by atoms with E-state index in [1.807, 2.05) is 35.2 Å². The number of nitrogens with zero attached hydrogens (tertiary/aromatic N) is 3. The second-order valence-corrected chi connectivity index (χ2v) is 10.7. The van der Waals surface area contributed by atoms with Gasteiger partial charge >= 0.3 is 0 Å². The van der Waals surface area contributed by atoms with Gasteiger partial charge in [0.2, 0.25) is 11.8 Å². The zero-order valence-electron chi connectivity index (χ0n) is 22.5. The SMILES string of the molecule is Cl.Cl.O=C1CC(c2ccccc2)NCCCN(C(=O)C2CCN(c3nc4ccc(Cl)cc4o3)CC2)CCCCN1. The molecule has 0 saturated carbocycles. The molecule has 2 aliphatic heterocycles. The smallest absolute Gasteiger partial charge is 0.298 e. The van der Waals surface area contributed by atoms with Gasteiger partial charge in [-0.1, -0.05) is 41.9 Å². The molecule has 2 amide bonds. The molecule has 8 nitrogen and oxygen atoms in total. The predicted molar refractivity (Wildman–Crippen MR) is 164 cm³/mol. The molecule has 5 rings (SSSR count). The van der Waals surface area contributed by atoms with Crippen molar-refractivity contribution in [2.24, 2.45) is 5.92 Å². The molecule has 3 aromatic rings. The van der Waals surface area contributed by atoms with E-state index in [9.17, 15) is 9.59 Å². The van der Waals surface area contributed by atoms with E-state index >= 15 is 0 Å². The van der Waals surface area contributed by atoms with Crippen LogP contribution in [-0.2, 0) is 9.59 Å². The average Bonchev–Trinajstić information content (AvgIpc) is 3.37. The number of fused-ring (bicyclic) bond motifs is 1. The zero-order valence-corrected chi connectivity index (χ0v) is 24.9. The zero-order chi connectivity index (χ0) is 26.3. The Kier molecular flexibility index (Phi) is 12.4. The summed E-state index contributed by atoms with van der Waals surface area (Å²) in [6, 6.07) is 16.1. The Morgan fingerprint density at radius 1 is 0.950 bits per heavy atom. The normalized spacial score (nSPS) is 19.8. The lowest BCUT2D eigenvalue weighted by Crippen LogP contribution is -2.44. The Morgan fingerprint density at radius 3 is 2.48 bits per heavy atom. The van der Waals surface area contributed by atoms with Gasteiger partial charge in [-0.3, -0.25) is 9.59 Å². The van der Waals surface area contributed by atoms with Crippen molar-refractivity contribution in [3.8, 4) is 0 Å². The molecule has 40 heavy (non-hydrogen) atoms. The van der Waals surface area contributed by atoms with Gasteiger partial charge in [0.05, 0.1) is 0 Å². The van der Waals surface area contributed by atoms with E-state index in [4.69, 9.17) is 16.0 Å². The summed E-state index contributed by atoms with van der Waals surface area (Å²) in [6.45, 7) is 4.30. The average molecular weight is 611 g/mol. The molecule has 0 spiro atoms. The van der Waals surface area contributed by atoms with E-state index in [0.29, 0.717) is 29.6 Å². The Bertz CT molecular complexity index is 1230. The summed E-state index contributed by atoms with van der Waals surface area (Å²) >= 11 is 6.08. The van der Waals surface area contributed by atoms with Crippen LogP contribution >= 0.6 is 36.4 Å². The van der Waals surface area contributed by atoms with Crippen molar-refractivity contribution in [1.29, 1.82) is 0 Å². The minimum atomic E-state index is -0.0340. The molecule has 0 aliphatic carbocycles. The molecular formula is C29H38Cl3N5O3. The minimum Gasteiger partial charge on any atom is -0.423 e. The van der Waals surface area contributed by atoms with Crippen molar-refractivity contribution < 1.29 is 14.0 Å². The van der Waals surface area contributed by atoms with Crippen LogP contribution in [0.4, 0.5) is 6.01 Å². The highest BCUT2D eigenvalue weighted by molar-refractivity contribution is 6.31. The molecule has 218 valence electrons. The van der Waals surface area contributed by atoms with E-state index < -0.39 is 0 Å². The number of nitrogens with one attached hydrogen (secondary N) is 2. The molecule has 1 atom stereocenters. The molecule has 3 heterocycles. The maximum atomic E-state index is 13.6. The number of amides is 2. The lowest BCUT2D eigenvalue weighted by molar-refractivity contribution is -0.136. The van der Waals surface area contributed by atoms with Gasteiger partial charge in [0.1, 0.15) is 5.52 Å². The summed E-state index contributed by atoms with van der Waals surface area (Å²) in [6.07, 6.45) is 4.56. The Balaban J connectivity index is 0.00000220. The summed E-state index contributed by atoms with van der Waals surface area (Å²) in [5.74, 6) is 0.310. The summed E-state index contributed by atoms with van der Waals surface area (Å²) in [7, 11) is 0. The third-order valence-corrected chi connectivity index (χ3v) is 7.76. The van der Waals surface area contributed by atoms with Gasteiger partial charge in [-0.2, -0.15) is 4.98 Å². The first-order valence-electron chi connectivity index (χ1n) is 13.7. The van der Waals surface area contributed by atoms with Crippen LogP contribution in [0.5, 0.6) is 0 Å². The highest BCUT2D eigenvalue weighted by Crippen LogP contribution is 2.29. The molecule has 1 unspecified atom stereocenters. The van der Waals surface area contributed by atoms with Crippen LogP contribution in [-0.4, -0.2) is 61.0 Å². The molecule has 2 N–H and O–H groups in total. The van der Waals surface area contributed by atoms with Crippen molar-refractivity contribution >= 4 is 65.3 Å². The van der Waals surface area contributed by atoms with E-state index in [0.717, 1.165) is 75.9 Å². The number of anilines is 1. The van der Waals surface area contributed by atoms with Gasteiger partial charge in [0.25, 0.3) is 6.01 Å². The standard InChI is InChI=1S/C29H36ClN5O3.2ClH/c30-23-9-10-24-26(19-23)38-29(33-24)35-17-11-22(12-18-35)28(37)34-15-5-4-13-32-27(36)20-25(31-14-6-16-34)21-7-2-1-3-8-21;;/h1-3,7-10,19,22,25,31H,4-6,11-18,20H2,(H,32,36);2*1H. The fourth-order valence-corrected chi connectivity index (χ4v) is 5.54. The number of piperidine rings is 1. The number of oxazole rings is 1. The van der Waals surface area contributed by atoms with Crippen molar-refractivity contribution in [1.82, 2.24) is 20.5 Å². The Hall–Kier alpha value is -2.52. The lowest BCUT2D eigenvalue weighted by atomic mass is 9.95. The van der Waals surface area contributed by atoms with Crippen LogP contribution in [0.15, 0.2) is 52.9 Å². The van der Waals surface area contributed by atoms with Crippen LogP contribution in [0.2, 0.25) is 5.02 Å². The molecule has 2 fully saturated rings. The summed E-state index contributed by atoms with van der Waals surface area (Å²) in [4.78, 5) is 34.8.